The fraction of sp³-hybridized carbons (Fsp3) is 0.400. The zero-order valence-corrected chi connectivity index (χ0v) is 13.2. The molecular weight excluding hydrogens is 316 g/mol. The molecule has 1 aliphatic rings. The molecule has 7 nitrogen and oxygen atoms in total. The minimum atomic E-state index is -0.934. The number of carbonyl (C=O) groups excluding carboxylic acids is 1. The van der Waals surface area contributed by atoms with Gasteiger partial charge in [-0.25, -0.2) is 9.78 Å². The number of nitrogens with zero attached hydrogens (tertiary/aromatic N) is 4. The molecule has 0 radical (unpaired) electrons. The number of carboxylic acids is 1. The van der Waals surface area contributed by atoms with Crippen LogP contribution in [0.1, 0.15) is 25.0 Å². The van der Waals surface area contributed by atoms with Crippen molar-refractivity contribution < 1.29 is 14.7 Å². The van der Waals surface area contributed by atoms with Gasteiger partial charge in [-0.05, 0) is 19.3 Å². The van der Waals surface area contributed by atoms with Crippen molar-refractivity contribution in [2.45, 2.75) is 31.7 Å². The van der Waals surface area contributed by atoms with Gasteiger partial charge >= 0.3 is 5.97 Å². The number of thiazole rings is 1. The Morgan fingerprint density at radius 3 is 2.96 bits per heavy atom. The van der Waals surface area contributed by atoms with Crippen LogP contribution in [0.5, 0.6) is 0 Å². The summed E-state index contributed by atoms with van der Waals surface area (Å²) in [5.74, 6) is -1.12. The lowest BCUT2D eigenvalue weighted by Gasteiger charge is -2.32. The fourth-order valence-corrected chi connectivity index (χ4v) is 3.44. The van der Waals surface area contributed by atoms with Gasteiger partial charge in [0, 0.05) is 24.3 Å². The Hall–Kier alpha value is -2.35. The van der Waals surface area contributed by atoms with E-state index in [4.69, 9.17) is 0 Å². The molecule has 23 heavy (non-hydrogen) atoms. The molecule has 1 N–H and O–H groups in total. The highest BCUT2D eigenvalue weighted by Crippen LogP contribution is 2.23. The van der Waals surface area contributed by atoms with Crippen LogP contribution in [-0.2, 0) is 16.0 Å². The van der Waals surface area contributed by atoms with E-state index in [9.17, 15) is 14.7 Å². The van der Waals surface area contributed by atoms with E-state index in [1.165, 1.54) is 16.2 Å². The van der Waals surface area contributed by atoms with E-state index in [0.717, 1.165) is 12.8 Å². The Morgan fingerprint density at radius 2 is 2.22 bits per heavy atom. The number of amides is 1. The molecule has 3 heterocycles. The Kier molecular flexibility index (Phi) is 4.61. The summed E-state index contributed by atoms with van der Waals surface area (Å²) in [7, 11) is 0. The minimum absolute atomic E-state index is 0.112. The molecule has 2 aromatic heterocycles. The first kappa shape index (κ1) is 15.5. The number of rotatable bonds is 4. The van der Waals surface area contributed by atoms with E-state index in [-0.39, 0.29) is 12.3 Å². The second kappa shape index (κ2) is 6.82. The average molecular weight is 332 g/mol. The number of carboxylic acid groups (broad SMARTS) is 1. The van der Waals surface area contributed by atoms with Crippen molar-refractivity contribution in [3.05, 3.63) is 29.7 Å². The maximum Gasteiger partial charge on any atom is 0.326 e. The summed E-state index contributed by atoms with van der Waals surface area (Å²) < 4.78 is 0. The van der Waals surface area contributed by atoms with Crippen molar-refractivity contribution in [2.24, 2.45) is 0 Å². The van der Waals surface area contributed by atoms with Gasteiger partial charge in [0.25, 0.3) is 0 Å². The molecule has 1 amide bonds. The lowest BCUT2D eigenvalue weighted by atomic mass is 10.0. The number of hydrogen-bond acceptors (Lipinski definition) is 6. The van der Waals surface area contributed by atoms with Crippen molar-refractivity contribution in [2.75, 3.05) is 6.54 Å². The molecule has 0 spiro atoms. The predicted octanol–water partition coefficient (Wildman–Crippen LogP) is 1.61. The highest BCUT2D eigenvalue weighted by atomic mass is 32.1. The van der Waals surface area contributed by atoms with Crippen molar-refractivity contribution in [3.63, 3.8) is 0 Å². The maximum atomic E-state index is 12.4. The van der Waals surface area contributed by atoms with E-state index in [2.05, 4.69) is 15.0 Å². The Bertz CT molecular complexity index is 704. The van der Waals surface area contributed by atoms with Crippen LogP contribution in [0.2, 0.25) is 0 Å². The Labute approximate surface area is 137 Å². The zero-order chi connectivity index (χ0) is 16.2. The summed E-state index contributed by atoms with van der Waals surface area (Å²) in [5.41, 5.74) is 1.30. The van der Waals surface area contributed by atoms with Crippen molar-refractivity contribution >= 4 is 23.2 Å². The third-order valence-electron chi connectivity index (χ3n) is 3.77. The number of carbonyl (C=O) groups is 2. The molecule has 1 unspecified atom stereocenters. The molecule has 3 rings (SSSR count). The first-order valence-corrected chi connectivity index (χ1v) is 8.26. The first-order valence-electron chi connectivity index (χ1n) is 7.38. The van der Waals surface area contributed by atoms with Crippen LogP contribution in [0.25, 0.3) is 10.7 Å². The third kappa shape index (κ3) is 3.53. The number of hydrogen-bond donors (Lipinski definition) is 1. The molecular formula is C15H16N4O3S. The number of aromatic nitrogens is 3. The Morgan fingerprint density at radius 1 is 1.35 bits per heavy atom. The first-order chi connectivity index (χ1) is 11.1. The summed E-state index contributed by atoms with van der Waals surface area (Å²) in [6, 6.07) is -0.714. The number of aliphatic carboxylic acids is 1. The fourth-order valence-electron chi connectivity index (χ4n) is 2.66. The highest BCUT2D eigenvalue weighted by Gasteiger charge is 2.32. The summed E-state index contributed by atoms with van der Waals surface area (Å²) in [6.07, 6.45) is 7.11. The molecule has 1 fully saturated rings. The molecule has 0 aromatic carbocycles. The van der Waals surface area contributed by atoms with Gasteiger partial charge < -0.3 is 10.0 Å². The topological polar surface area (TPSA) is 96.3 Å². The summed E-state index contributed by atoms with van der Waals surface area (Å²) in [5, 5.41) is 11.8. The van der Waals surface area contributed by atoms with E-state index < -0.39 is 12.0 Å². The minimum Gasteiger partial charge on any atom is -0.480 e. The van der Waals surface area contributed by atoms with Crippen molar-refractivity contribution in [3.8, 4) is 10.7 Å². The van der Waals surface area contributed by atoms with E-state index in [1.54, 1.807) is 18.6 Å². The molecule has 0 saturated carbocycles. The van der Waals surface area contributed by atoms with Gasteiger partial charge in [0.1, 0.15) is 16.7 Å². The van der Waals surface area contributed by atoms with Crippen LogP contribution in [0, 0.1) is 0 Å². The second-order valence-electron chi connectivity index (χ2n) is 5.35. The third-order valence-corrected chi connectivity index (χ3v) is 4.69. The average Bonchev–Trinajstić information content (AvgIpc) is 3.04. The largest absolute Gasteiger partial charge is 0.480 e. The van der Waals surface area contributed by atoms with E-state index in [0.29, 0.717) is 29.4 Å². The van der Waals surface area contributed by atoms with E-state index in [1.807, 2.05) is 5.38 Å². The van der Waals surface area contributed by atoms with Crippen molar-refractivity contribution in [1.82, 2.24) is 19.9 Å². The lowest BCUT2D eigenvalue weighted by molar-refractivity contribution is -0.151. The van der Waals surface area contributed by atoms with Gasteiger partial charge in [-0.15, -0.1) is 11.3 Å². The van der Waals surface area contributed by atoms with Crippen LogP contribution >= 0.6 is 11.3 Å². The quantitative estimate of drug-likeness (QED) is 0.914. The smallest absolute Gasteiger partial charge is 0.326 e. The molecule has 1 aliphatic heterocycles. The van der Waals surface area contributed by atoms with Crippen molar-refractivity contribution in [1.29, 1.82) is 0 Å². The van der Waals surface area contributed by atoms with Gasteiger partial charge in [0.15, 0.2) is 0 Å². The van der Waals surface area contributed by atoms with Crippen LogP contribution in [0.4, 0.5) is 0 Å². The zero-order valence-electron chi connectivity index (χ0n) is 12.4. The molecule has 2 aromatic rings. The molecule has 1 atom stereocenters. The monoisotopic (exact) mass is 332 g/mol. The maximum absolute atomic E-state index is 12.4. The van der Waals surface area contributed by atoms with Gasteiger partial charge in [-0.1, -0.05) is 0 Å². The Balaban J connectivity index is 1.70. The summed E-state index contributed by atoms with van der Waals surface area (Å²) >= 11 is 1.40. The van der Waals surface area contributed by atoms with E-state index >= 15 is 0 Å². The van der Waals surface area contributed by atoms with Gasteiger partial charge in [0.2, 0.25) is 5.91 Å². The molecule has 1 saturated heterocycles. The number of piperidine rings is 1. The van der Waals surface area contributed by atoms with Gasteiger partial charge in [-0.2, -0.15) is 0 Å². The summed E-state index contributed by atoms with van der Waals surface area (Å²) in [6.45, 7) is 0.497. The molecule has 0 aliphatic carbocycles. The van der Waals surface area contributed by atoms with Crippen LogP contribution in [0.15, 0.2) is 24.0 Å². The SMILES string of the molecule is O=C(O)C1CCCCN1C(=O)Cc1csc(-c2cnccn2)n1. The highest BCUT2D eigenvalue weighted by molar-refractivity contribution is 7.13. The normalized spacial score (nSPS) is 17.9. The van der Waals surface area contributed by atoms with Crippen LogP contribution < -0.4 is 0 Å². The lowest BCUT2D eigenvalue weighted by Crippen LogP contribution is -2.48. The molecule has 120 valence electrons. The molecule has 0 bridgehead atoms. The van der Waals surface area contributed by atoms with Crippen LogP contribution in [0.3, 0.4) is 0 Å². The van der Waals surface area contributed by atoms with Crippen LogP contribution in [-0.4, -0.2) is 49.4 Å². The molecule has 8 heteroatoms. The second-order valence-corrected chi connectivity index (χ2v) is 6.21. The van der Waals surface area contributed by atoms with Gasteiger partial charge in [-0.3, -0.25) is 14.8 Å². The number of likely N-dealkylation sites (tertiary alicyclic amines) is 1. The summed E-state index contributed by atoms with van der Waals surface area (Å²) in [4.78, 5) is 37.8. The van der Waals surface area contributed by atoms with Gasteiger partial charge in [0.05, 0.1) is 18.3 Å². The standard InChI is InChI=1S/C15H16N4O3S/c20-13(19-6-2-1-3-12(19)15(21)22)7-10-9-23-14(18-10)11-8-16-4-5-17-11/h4-5,8-9,12H,1-3,6-7H2,(H,21,22). The predicted molar refractivity (Wildman–Crippen MR) is 83.8 cm³/mol.